The highest BCUT2D eigenvalue weighted by atomic mass is 79.9. The summed E-state index contributed by atoms with van der Waals surface area (Å²) in [6.45, 7) is 0. The maximum atomic E-state index is 10.9. The Morgan fingerprint density at radius 3 is 2.58 bits per heavy atom. The van der Waals surface area contributed by atoms with Gasteiger partial charge in [0, 0.05) is 4.47 Å². The monoisotopic (exact) mass is 326 g/mol. The quantitative estimate of drug-likeness (QED) is 0.834. The van der Waals surface area contributed by atoms with E-state index in [2.05, 4.69) is 22.0 Å². The van der Waals surface area contributed by atoms with Crippen LogP contribution in [0.3, 0.4) is 0 Å². The van der Waals surface area contributed by atoms with Gasteiger partial charge in [-0.3, -0.25) is 9.59 Å². The Labute approximate surface area is 119 Å². The molecule has 4 nitrogen and oxygen atoms in total. The first-order valence-electron chi connectivity index (χ1n) is 6.20. The smallest absolute Gasteiger partial charge is 0.317 e. The van der Waals surface area contributed by atoms with Crippen molar-refractivity contribution in [2.75, 3.05) is 0 Å². The zero-order chi connectivity index (χ0) is 14.0. The van der Waals surface area contributed by atoms with Gasteiger partial charge in [-0.2, -0.15) is 0 Å². The van der Waals surface area contributed by atoms with Gasteiger partial charge >= 0.3 is 11.9 Å². The van der Waals surface area contributed by atoms with Crippen LogP contribution < -0.4 is 0 Å². The van der Waals surface area contributed by atoms with Crippen molar-refractivity contribution >= 4 is 27.9 Å². The van der Waals surface area contributed by atoms with Gasteiger partial charge in [-0.15, -0.1) is 0 Å². The van der Waals surface area contributed by atoms with E-state index in [1.54, 1.807) is 0 Å². The number of aliphatic carboxylic acids is 2. The van der Waals surface area contributed by atoms with Gasteiger partial charge in [0.15, 0.2) is 5.92 Å². The van der Waals surface area contributed by atoms with Crippen LogP contribution in [0, 0.1) is 11.8 Å². The van der Waals surface area contributed by atoms with Crippen molar-refractivity contribution in [3.05, 3.63) is 33.8 Å². The third-order valence-electron chi connectivity index (χ3n) is 3.66. The van der Waals surface area contributed by atoms with Crippen molar-refractivity contribution in [3.8, 4) is 0 Å². The zero-order valence-electron chi connectivity index (χ0n) is 10.3. The number of benzene rings is 1. The maximum absolute atomic E-state index is 10.9. The SMILES string of the molecule is O=C(O)C(CC1CCc2cc(Br)ccc2C1)C(=O)O. The molecule has 0 aliphatic heterocycles. The van der Waals surface area contributed by atoms with Crippen molar-refractivity contribution in [1.29, 1.82) is 0 Å². The van der Waals surface area contributed by atoms with Crippen LogP contribution >= 0.6 is 15.9 Å². The van der Waals surface area contributed by atoms with Crippen LogP contribution in [0.15, 0.2) is 22.7 Å². The van der Waals surface area contributed by atoms with Crippen LogP contribution in [0.2, 0.25) is 0 Å². The van der Waals surface area contributed by atoms with Crippen molar-refractivity contribution in [3.63, 3.8) is 0 Å². The van der Waals surface area contributed by atoms with Crippen LogP contribution in [-0.2, 0) is 22.4 Å². The summed E-state index contributed by atoms with van der Waals surface area (Å²) >= 11 is 3.43. The minimum atomic E-state index is -1.29. The van der Waals surface area contributed by atoms with E-state index < -0.39 is 17.9 Å². The molecule has 1 aliphatic carbocycles. The number of aryl methyl sites for hydroxylation is 1. The third kappa shape index (κ3) is 3.35. The fraction of sp³-hybridized carbons (Fsp3) is 0.429. The molecule has 102 valence electrons. The average Bonchev–Trinajstić information content (AvgIpc) is 2.35. The number of fused-ring (bicyclic) bond motifs is 1. The molecule has 1 unspecified atom stereocenters. The lowest BCUT2D eigenvalue weighted by Crippen LogP contribution is -2.28. The van der Waals surface area contributed by atoms with Gasteiger partial charge in [0.25, 0.3) is 0 Å². The van der Waals surface area contributed by atoms with Crippen molar-refractivity contribution in [2.24, 2.45) is 11.8 Å². The number of hydrogen-bond donors (Lipinski definition) is 2. The summed E-state index contributed by atoms with van der Waals surface area (Å²) in [5.74, 6) is -3.64. The minimum Gasteiger partial charge on any atom is -0.481 e. The highest BCUT2D eigenvalue weighted by Crippen LogP contribution is 2.31. The Kier molecular flexibility index (Phi) is 4.24. The molecule has 0 fully saturated rings. The molecule has 2 rings (SSSR count). The second-order valence-corrected chi connectivity index (χ2v) is 5.90. The van der Waals surface area contributed by atoms with Crippen LogP contribution in [-0.4, -0.2) is 22.2 Å². The van der Waals surface area contributed by atoms with Gasteiger partial charge in [-0.1, -0.05) is 22.0 Å². The Morgan fingerprint density at radius 1 is 1.26 bits per heavy atom. The minimum absolute atomic E-state index is 0.130. The number of rotatable bonds is 4. The molecule has 0 saturated carbocycles. The number of halogens is 1. The molecule has 0 saturated heterocycles. The molecule has 2 N–H and O–H groups in total. The van der Waals surface area contributed by atoms with Gasteiger partial charge in [-0.05, 0) is 54.9 Å². The van der Waals surface area contributed by atoms with Crippen LogP contribution in [0.1, 0.15) is 24.0 Å². The molecule has 0 radical (unpaired) electrons. The third-order valence-corrected chi connectivity index (χ3v) is 4.16. The van der Waals surface area contributed by atoms with Gasteiger partial charge in [0.2, 0.25) is 0 Å². The highest BCUT2D eigenvalue weighted by Gasteiger charge is 2.30. The van der Waals surface area contributed by atoms with Crippen molar-refractivity contribution in [2.45, 2.75) is 25.7 Å². The van der Waals surface area contributed by atoms with Gasteiger partial charge in [0.05, 0.1) is 0 Å². The molecule has 19 heavy (non-hydrogen) atoms. The number of carboxylic acid groups (broad SMARTS) is 2. The number of hydrogen-bond acceptors (Lipinski definition) is 2. The summed E-state index contributed by atoms with van der Waals surface area (Å²) in [5, 5.41) is 17.8. The first-order chi connectivity index (χ1) is 8.97. The first-order valence-corrected chi connectivity index (χ1v) is 6.99. The Hall–Kier alpha value is -1.36. The Morgan fingerprint density at radius 2 is 1.95 bits per heavy atom. The zero-order valence-corrected chi connectivity index (χ0v) is 11.9. The van der Waals surface area contributed by atoms with Crippen molar-refractivity contribution in [1.82, 2.24) is 0 Å². The lowest BCUT2D eigenvalue weighted by Gasteiger charge is -2.25. The number of carboxylic acids is 2. The van der Waals surface area contributed by atoms with E-state index >= 15 is 0 Å². The van der Waals surface area contributed by atoms with Gasteiger partial charge in [0.1, 0.15) is 0 Å². The summed E-state index contributed by atoms with van der Waals surface area (Å²) in [7, 11) is 0. The van der Waals surface area contributed by atoms with E-state index in [-0.39, 0.29) is 12.3 Å². The summed E-state index contributed by atoms with van der Waals surface area (Å²) < 4.78 is 1.04. The van der Waals surface area contributed by atoms with E-state index in [1.165, 1.54) is 11.1 Å². The van der Waals surface area contributed by atoms with E-state index in [0.717, 1.165) is 23.7 Å². The van der Waals surface area contributed by atoms with E-state index in [0.29, 0.717) is 0 Å². The predicted octanol–water partition coefficient (Wildman–Crippen LogP) is 2.73. The molecule has 0 bridgehead atoms. The average molecular weight is 327 g/mol. The van der Waals surface area contributed by atoms with Crippen LogP contribution in [0.4, 0.5) is 0 Å². The molecule has 1 aromatic rings. The second-order valence-electron chi connectivity index (χ2n) is 4.99. The van der Waals surface area contributed by atoms with E-state index in [1.807, 2.05) is 12.1 Å². The second kappa shape index (κ2) is 5.74. The largest absolute Gasteiger partial charge is 0.481 e. The summed E-state index contributed by atoms with van der Waals surface area (Å²) in [4.78, 5) is 21.8. The maximum Gasteiger partial charge on any atom is 0.317 e. The fourth-order valence-corrected chi connectivity index (χ4v) is 3.05. The number of carbonyl (C=O) groups is 2. The molecular formula is C14H15BrO4. The molecule has 5 heteroatoms. The molecule has 1 aliphatic rings. The molecule has 1 atom stereocenters. The molecule has 1 aromatic carbocycles. The predicted molar refractivity (Wildman–Crippen MR) is 73.0 cm³/mol. The first kappa shape index (κ1) is 14.1. The summed E-state index contributed by atoms with van der Waals surface area (Å²) in [6, 6.07) is 6.08. The van der Waals surface area contributed by atoms with Crippen LogP contribution in [0.25, 0.3) is 0 Å². The molecule has 0 amide bonds. The van der Waals surface area contributed by atoms with E-state index in [9.17, 15) is 9.59 Å². The fourth-order valence-electron chi connectivity index (χ4n) is 2.64. The summed E-state index contributed by atoms with van der Waals surface area (Å²) in [5.41, 5.74) is 2.47. The lowest BCUT2D eigenvalue weighted by atomic mass is 9.79. The van der Waals surface area contributed by atoms with Crippen molar-refractivity contribution < 1.29 is 19.8 Å². The highest BCUT2D eigenvalue weighted by molar-refractivity contribution is 9.10. The van der Waals surface area contributed by atoms with E-state index in [4.69, 9.17) is 10.2 Å². The lowest BCUT2D eigenvalue weighted by molar-refractivity contribution is -0.155. The molecule has 0 aromatic heterocycles. The summed E-state index contributed by atoms with van der Waals surface area (Å²) in [6.07, 6.45) is 2.70. The molecular weight excluding hydrogens is 312 g/mol. The normalized spacial score (nSPS) is 18.1. The topological polar surface area (TPSA) is 74.6 Å². The Bertz CT molecular complexity index is 498. The molecule has 0 spiro atoms. The van der Waals surface area contributed by atoms with Crippen LogP contribution in [0.5, 0.6) is 0 Å². The van der Waals surface area contributed by atoms with Gasteiger partial charge in [-0.25, -0.2) is 0 Å². The molecule has 0 heterocycles. The standard InChI is InChI=1S/C14H15BrO4/c15-11-4-3-9-5-8(1-2-10(9)7-11)6-12(13(16)17)14(18)19/h3-4,7-8,12H,1-2,5-6H2,(H,16,17)(H,18,19). The van der Waals surface area contributed by atoms with Gasteiger partial charge < -0.3 is 10.2 Å². The Balaban J connectivity index is 2.07.